The number of hydrogen-bond acceptors (Lipinski definition) is 2. The molecular formula is C13H26N2. The van der Waals surface area contributed by atoms with Crippen molar-refractivity contribution in [3.05, 3.63) is 0 Å². The van der Waals surface area contributed by atoms with Gasteiger partial charge in [0.15, 0.2) is 0 Å². The summed E-state index contributed by atoms with van der Waals surface area (Å²) in [7, 11) is 0. The zero-order valence-corrected chi connectivity index (χ0v) is 10.3. The van der Waals surface area contributed by atoms with Gasteiger partial charge in [-0.1, -0.05) is 20.3 Å². The zero-order chi connectivity index (χ0) is 10.9. The highest BCUT2D eigenvalue weighted by Crippen LogP contribution is 2.38. The molecule has 1 heterocycles. The molecule has 0 amide bonds. The maximum atomic E-state index is 6.41. The summed E-state index contributed by atoms with van der Waals surface area (Å²) in [5, 5.41) is 0. The van der Waals surface area contributed by atoms with E-state index in [0.29, 0.717) is 11.5 Å². The van der Waals surface area contributed by atoms with E-state index in [9.17, 15) is 0 Å². The topological polar surface area (TPSA) is 29.3 Å². The van der Waals surface area contributed by atoms with Crippen molar-refractivity contribution in [1.29, 1.82) is 0 Å². The second kappa shape index (κ2) is 4.42. The van der Waals surface area contributed by atoms with Crippen molar-refractivity contribution >= 4 is 0 Å². The summed E-state index contributed by atoms with van der Waals surface area (Å²) in [5.41, 5.74) is 6.77. The van der Waals surface area contributed by atoms with Crippen molar-refractivity contribution in [2.24, 2.45) is 17.1 Å². The average molecular weight is 210 g/mol. The molecule has 2 unspecified atom stereocenters. The van der Waals surface area contributed by atoms with Crippen LogP contribution in [0.1, 0.15) is 46.0 Å². The maximum Gasteiger partial charge on any atom is 0.0131 e. The summed E-state index contributed by atoms with van der Waals surface area (Å²) in [4.78, 5) is 2.62. The Bertz CT molecular complexity index is 207. The molecule has 1 saturated carbocycles. The molecular weight excluding hydrogens is 184 g/mol. The summed E-state index contributed by atoms with van der Waals surface area (Å²) < 4.78 is 0. The third-order valence-corrected chi connectivity index (χ3v) is 4.50. The largest absolute Gasteiger partial charge is 0.327 e. The van der Waals surface area contributed by atoms with E-state index in [0.717, 1.165) is 5.92 Å². The second-order valence-corrected chi connectivity index (χ2v) is 6.17. The molecule has 2 nitrogen and oxygen atoms in total. The summed E-state index contributed by atoms with van der Waals surface area (Å²) in [6, 6.07) is 0.409. The molecule has 0 radical (unpaired) electrons. The van der Waals surface area contributed by atoms with Gasteiger partial charge in [0.1, 0.15) is 0 Å². The van der Waals surface area contributed by atoms with E-state index in [1.54, 1.807) is 0 Å². The number of hydrogen-bond donors (Lipinski definition) is 1. The lowest BCUT2D eigenvalue weighted by Gasteiger charge is -2.43. The van der Waals surface area contributed by atoms with Crippen LogP contribution in [0.2, 0.25) is 0 Å². The lowest BCUT2D eigenvalue weighted by atomic mass is 9.68. The maximum absolute atomic E-state index is 6.41. The second-order valence-electron chi connectivity index (χ2n) is 6.17. The molecule has 0 bridgehead atoms. The van der Waals surface area contributed by atoms with Crippen LogP contribution in [0, 0.1) is 11.3 Å². The molecule has 0 aromatic carbocycles. The molecule has 2 N–H and O–H groups in total. The number of likely N-dealkylation sites (tertiary alicyclic amines) is 1. The summed E-state index contributed by atoms with van der Waals surface area (Å²) in [6.45, 7) is 8.56. The lowest BCUT2D eigenvalue weighted by molar-refractivity contribution is 0.110. The quantitative estimate of drug-likeness (QED) is 0.757. The van der Waals surface area contributed by atoms with Gasteiger partial charge in [0.2, 0.25) is 0 Å². The van der Waals surface area contributed by atoms with E-state index in [1.807, 2.05) is 0 Å². The van der Waals surface area contributed by atoms with Crippen LogP contribution >= 0.6 is 0 Å². The van der Waals surface area contributed by atoms with Gasteiger partial charge < -0.3 is 10.6 Å². The molecule has 2 aliphatic rings. The Morgan fingerprint density at radius 1 is 1.20 bits per heavy atom. The van der Waals surface area contributed by atoms with Gasteiger partial charge in [-0.05, 0) is 50.1 Å². The summed E-state index contributed by atoms with van der Waals surface area (Å²) in [5.74, 6) is 0.742. The summed E-state index contributed by atoms with van der Waals surface area (Å²) in [6.07, 6.45) is 6.82. The summed E-state index contributed by atoms with van der Waals surface area (Å²) >= 11 is 0. The van der Waals surface area contributed by atoms with Crippen LogP contribution in [0.15, 0.2) is 0 Å². The van der Waals surface area contributed by atoms with Gasteiger partial charge in [-0.15, -0.1) is 0 Å². The van der Waals surface area contributed by atoms with Gasteiger partial charge in [0.25, 0.3) is 0 Å². The monoisotopic (exact) mass is 210 g/mol. The zero-order valence-electron chi connectivity index (χ0n) is 10.3. The minimum atomic E-state index is 0.364. The predicted octanol–water partition coefficient (Wildman–Crippen LogP) is 2.24. The van der Waals surface area contributed by atoms with Gasteiger partial charge >= 0.3 is 0 Å². The van der Waals surface area contributed by atoms with E-state index in [2.05, 4.69) is 18.7 Å². The molecule has 1 aliphatic carbocycles. The van der Waals surface area contributed by atoms with Crippen molar-refractivity contribution in [2.45, 2.75) is 52.0 Å². The van der Waals surface area contributed by atoms with Crippen LogP contribution in [0.25, 0.3) is 0 Å². The Hall–Kier alpha value is -0.0800. The number of nitrogens with two attached hydrogens (primary N) is 1. The first-order chi connectivity index (χ1) is 7.09. The van der Waals surface area contributed by atoms with Crippen molar-refractivity contribution in [1.82, 2.24) is 4.90 Å². The predicted molar refractivity (Wildman–Crippen MR) is 64.8 cm³/mol. The fourth-order valence-electron chi connectivity index (χ4n) is 3.31. The van der Waals surface area contributed by atoms with Crippen LogP contribution in [0.4, 0.5) is 0 Å². The SMILES string of the molecule is CC1(C)CCCC(CN2CCCC2)C1N. The average Bonchev–Trinajstić information content (AvgIpc) is 2.65. The van der Waals surface area contributed by atoms with Crippen LogP contribution in [0.5, 0.6) is 0 Å². The molecule has 2 rings (SSSR count). The first-order valence-corrected chi connectivity index (χ1v) is 6.57. The molecule has 2 atom stereocenters. The molecule has 1 aliphatic heterocycles. The van der Waals surface area contributed by atoms with E-state index < -0.39 is 0 Å². The van der Waals surface area contributed by atoms with Crippen LogP contribution in [-0.2, 0) is 0 Å². The van der Waals surface area contributed by atoms with Gasteiger partial charge in [-0.2, -0.15) is 0 Å². The third kappa shape index (κ3) is 2.54. The molecule has 15 heavy (non-hydrogen) atoms. The van der Waals surface area contributed by atoms with Crippen LogP contribution in [-0.4, -0.2) is 30.6 Å². The van der Waals surface area contributed by atoms with Gasteiger partial charge in [-0.3, -0.25) is 0 Å². The molecule has 2 fully saturated rings. The fourth-order valence-corrected chi connectivity index (χ4v) is 3.31. The first kappa shape index (κ1) is 11.4. The highest BCUT2D eigenvalue weighted by Gasteiger charge is 2.37. The van der Waals surface area contributed by atoms with Crippen molar-refractivity contribution < 1.29 is 0 Å². The van der Waals surface area contributed by atoms with Crippen molar-refractivity contribution in [3.8, 4) is 0 Å². The van der Waals surface area contributed by atoms with E-state index in [-0.39, 0.29) is 0 Å². The number of nitrogens with zero attached hydrogens (tertiary/aromatic N) is 1. The minimum Gasteiger partial charge on any atom is -0.327 e. The molecule has 88 valence electrons. The Morgan fingerprint density at radius 3 is 2.53 bits per heavy atom. The lowest BCUT2D eigenvalue weighted by Crippen LogP contribution is -2.49. The Morgan fingerprint density at radius 2 is 1.87 bits per heavy atom. The van der Waals surface area contributed by atoms with E-state index in [1.165, 1.54) is 51.7 Å². The standard InChI is InChI=1S/C13H26N2/c1-13(2)7-5-6-11(12(13)14)10-15-8-3-4-9-15/h11-12H,3-10,14H2,1-2H3. The normalized spacial score (nSPS) is 37.0. The molecule has 1 saturated heterocycles. The fraction of sp³-hybridized carbons (Fsp3) is 1.00. The Kier molecular flexibility index (Phi) is 3.36. The minimum absolute atomic E-state index is 0.364. The van der Waals surface area contributed by atoms with E-state index in [4.69, 9.17) is 5.73 Å². The Labute approximate surface area is 94.2 Å². The highest BCUT2D eigenvalue weighted by atomic mass is 15.1. The van der Waals surface area contributed by atoms with Crippen LogP contribution < -0.4 is 5.73 Å². The molecule has 0 spiro atoms. The third-order valence-electron chi connectivity index (χ3n) is 4.50. The van der Waals surface area contributed by atoms with Crippen molar-refractivity contribution in [3.63, 3.8) is 0 Å². The molecule has 0 aromatic rings. The molecule has 2 heteroatoms. The van der Waals surface area contributed by atoms with E-state index >= 15 is 0 Å². The van der Waals surface area contributed by atoms with Gasteiger partial charge in [0.05, 0.1) is 0 Å². The highest BCUT2D eigenvalue weighted by molar-refractivity contribution is 4.92. The van der Waals surface area contributed by atoms with Crippen LogP contribution in [0.3, 0.4) is 0 Å². The van der Waals surface area contributed by atoms with Gasteiger partial charge in [-0.25, -0.2) is 0 Å². The smallest absolute Gasteiger partial charge is 0.0131 e. The number of rotatable bonds is 2. The first-order valence-electron chi connectivity index (χ1n) is 6.57. The van der Waals surface area contributed by atoms with Crippen molar-refractivity contribution in [2.75, 3.05) is 19.6 Å². The molecule has 0 aromatic heterocycles. The Balaban J connectivity index is 1.90. The van der Waals surface area contributed by atoms with Gasteiger partial charge in [0, 0.05) is 12.6 Å².